The standard InChI is InChI=1S/C13H17BrO3/c1-12-4-5-13(16-6-7-17-13)8-9(12)2-3-10(14)11(12)15/h3,9H,2,4-8H2,1H3/t9-,12+/m1/s1. The SMILES string of the molecule is C[C@]12CCC3(C[C@H]1CC=C(Br)C2=O)OCCO3. The quantitative estimate of drug-likeness (QED) is 0.690. The molecule has 2 fully saturated rings. The maximum Gasteiger partial charge on any atom is 0.175 e. The number of fused-ring (bicyclic) bond motifs is 1. The molecule has 94 valence electrons. The number of hydrogen-bond donors (Lipinski definition) is 0. The van der Waals surface area contributed by atoms with Gasteiger partial charge in [0.05, 0.1) is 17.7 Å². The second kappa shape index (κ2) is 3.90. The van der Waals surface area contributed by atoms with Crippen LogP contribution >= 0.6 is 15.9 Å². The number of rotatable bonds is 0. The molecule has 3 nitrogen and oxygen atoms in total. The molecule has 0 bridgehead atoms. The molecule has 1 aliphatic heterocycles. The summed E-state index contributed by atoms with van der Waals surface area (Å²) in [4.78, 5) is 12.3. The second-order valence-corrected chi connectivity index (χ2v) is 6.40. The first-order chi connectivity index (χ1) is 8.06. The van der Waals surface area contributed by atoms with Crippen molar-refractivity contribution in [3.8, 4) is 0 Å². The van der Waals surface area contributed by atoms with Gasteiger partial charge in [-0.2, -0.15) is 0 Å². The first-order valence-corrected chi connectivity index (χ1v) is 7.03. The van der Waals surface area contributed by atoms with Gasteiger partial charge in [-0.25, -0.2) is 0 Å². The molecule has 0 aromatic carbocycles. The first kappa shape index (κ1) is 11.9. The van der Waals surface area contributed by atoms with Gasteiger partial charge in [-0.15, -0.1) is 0 Å². The summed E-state index contributed by atoms with van der Waals surface area (Å²) < 4.78 is 12.3. The number of ketones is 1. The summed E-state index contributed by atoms with van der Waals surface area (Å²) in [5.74, 6) is 0.215. The number of ether oxygens (including phenoxy) is 2. The largest absolute Gasteiger partial charge is 0.348 e. The molecule has 1 saturated carbocycles. The number of carbonyl (C=O) groups is 1. The Morgan fingerprint density at radius 2 is 2.06 bits per heavy atom. The molecular formula is C13H17BrO3. The third-order valence-corrected chi connectivity index (χ3v) is 5.30. The monoisotopic (exact) mass is 300 g/mol. The number of Topliss-reactive ketones (excluding diaryl/α,β-unsaturated/α-hetero) is 1. The highest BCUT2D eigenvalue weighted by Crippen LogP contribution is 2.53. The minimum absolute atomic E-state index is 0.228. The molecule has 1 heterocycles. The van der Waals surface area contributed by atoms with Crippen molar-refractivity contribution in [1.82, 2.24) is 0 Å². The van der Waals surface area contributed by atoms with E-state index in [1.807, 2.05) is 6.08 Å². The molecule has 0 radical (unpaired) electrons. The summed E-state index contributed by atoms with van der Waals surface area (Å²) in [7, 11) is 0. The van der Waals surface area contributed by atoms with Crippen molar-refractivity contribution in [3.63, 3.8) is 0 Å². The normalized spacial score (nSPS) is 40.2. The van der Waals surface area contributed by atoms with Crippen LogP contribution in [0.3, 0.4) is 0 Å². The van der Waals surface area contributed by atoms with Crippen LogP contribution in [0.4, 0.5) is 0 Å². The average Bonchev–Trinajstić information content (AvgIpc) is 2.76. The lowest BCUT2D eigenvalue weighted by molar-refractivity contribution is -0.205. The Kier molecular flexibility index (Phi) is 2.73. The van der Waals surface area contributed by atoms with E-state index in [1.165, 1.54) is 0 Å². The summed E-state index contributed by atoms with van der Waals surface area (Å²) in [6, 6.07) is 0. The number of hydrogen-bond acceptors (Lipinski definition) is 3. The topological polar surface area (TPSA) is 35.5 Å². The van der Waals surface area contributed by atoms with Gasteiger partial charge in [0.25, 0.3) is 0 Å². The Labute approximate surface area is 110 Å². The third kappa shape index (κ3) is 1.72. The highest BCUT2D eigenvalue weighted by atomic mass is 79.9. The number of carbonyl (C=O) groups excluding carboxylic acids is 1. The lowest BCUT2D eigenvalue weighted by Crippen LogP contribution is -2.49. The fraction of sp³-hybridized carbons (Fsp3) is 0.769. The summed E-state index contributed by atoms with van der Waals surface area (Å²) in [5.41, 5.74) is -0.228. The second-order valence-electron chi connectivity index (χ2n) is 5.54. The van der Waals surface area contributed by atoms with Gasteiger partial charge in [0, 0.05) is 18.3 Å². The van der Waals surface area contributed by atoms with E-state index in [9.17, 15) is 4.79 Å². The van der Waals surface area contributed by atoms with Crippen LogP contribution in [0.1, 0.15) is 32.6 Å². The van der Waals surface area contributed by atoms with Crippen LogP contribution in [0.5, 0.6) is 0 Å². The summed E-state index contributed by atoms with van der Waals surface area (Å²) in [5, 5.41) is 0. The zero-order valence-corrected chi connectivity index (χ0v) is 11.6. The minimum Gasteiger partial charge on any atom is -0.348 e. The van der Waals surface area contributed by atoms with Crippen LogP contribution in [0.2, 0.25) is 0 Å². The van der Waals surface area contributed by atoms with E-state index >= 15 is 0 Å². The van der Waals surface area contributed by atoms with Crippen LogP contribution in [-0.4, -0.2) is 24.8 Å². The van der Waals surface area contributed by atoms with Gasteiger partial charge >= 0.3 is 0 Å². The predicted molar refractivity (Wildman–Crippen MR) is 66.7 cm³/mol. The molecule has 1 spiro atoms. The number of allylic oxidation sites excluding steroid dienone is 2. The molecule has 3 rings (SSSR count). The molecule has 4 heteroatoms. The smallest absolute Gasteiger partial charge is 0.175 e. The van der Waals surface area contributed by atoms with Crippen LogP contribution in [0.25, 0.3) is 0 Å². The highest BCUT2D eigenvalue weighted by molar-refractivity contribution is 9.12. The highest BCUT2D eigenvalue weighted by Gasteiger charge is 2.54. The first-order valence-electron chi connectivity index (χ1n) is 6.24. The predicted octanol–water partition coefficient (Wildman–Crippen LogP) is 2.79. The van der Waals surface area contributed by atoms with Crippen molar-refractivity contribution in [1.29, 1.82) is 0 Å². The van der Waals surface area contributed by atoms with E-state index < -0.39 is 0 Å². The average molecular weight is 301 g/mol. The van der Waals surface area contributed by atoms with Gasteiger partial charge in [-0.05, 0) is 34.7 Å². The van der Waals surface area contributed by atoms with Gasteiger partial charge in [0.2, 0.25) is 0 Å². The molecular weight excluding hydrogens is 284 g/mol. The van der Waals surface area contributed by atoms with E-state index in [-0.39, 0.29) is 17.0 Å². The van der Waals surface area contributed by atoms with E-state index in [0.29, 0.717) is 19.1 Å². The summed E-state index contributed by atoms with van der Waals surface area (Å²) >= 11 is 3.37. The molecule has 2 atom stereocenters. The summed E-state index contributed by atoms with van der Waals surface area (Å²) in [6.07, 6.45) is 5.50. The van der Waals surface area contributed by atoms with E-state index in [0.717, 1.165) is 30.2 Å². The van der Waals surface area contributed by atoms with Crippen molar-refractivity contribution < 1.29 is 14.3 Å². The molecule has 1 saturated heterocycles. The van der Waals surface area contributed by atoms with Crippen LogP contribution < -0.4 is 0 Å². The van der Waals surface area contributed by atoms with E-state index in [4.69, 9.17) is 9.47 Å². The fourth-order valence-electron chi connectivity index (χ4n) is 3.37. The zero-order chi connectivity index (χ0) is 12.1. The van der Waals surface area contributed by atoms with Crippen LogP contribution in [0, 0.1) is 11.3 Å². The van der Waals surface area contributed by atoms with Crippen LogP contribution in [-0.2, 0) is 14.3 Å². The lowest BCUT2D eigenvalue weighted by Gasteiger charge is -2.48. The van der Waals surface area contributed by atoms with Crippen molar-refractivity contribution in [2.75, 3.05) is 13.2 Å². The minimum atomic E-state index is -0.387. The van der Waals surface area contributed by atoms with Crippen molar-refractivity contribution in [2.24, 2.45) is 11.3 Å². The molecule has 0 N–H and O–H groups in total. The fourth-order valence-corrected chi connectivity index (χ4v) is 4.01. The summed E-state index contributed by atoms with van der Waals surface area (Å²) in [6.45, 7) is 3.48. The molecule has 0 aromatic rings. The van der Waals surface area contributed by atoms with Gasteiger partial charge in [-0.1, -0.05) is 13.0 Å². The zero-order valence-electron chi connectivity index (χ0n) is 10.0. The van der Waals surface area contributed by atoms with Gasteiger partial charge in [0.15, 0.2) is 11.6 Å². The Morgan fingerprint density at radius 3 is 2.76 bits per heavy atom. The van der Waals surface area contributed by atoms with Gasteiger partial charge < -0.3 is 9.47 Å². The Hall–Kier alpha value is -0.190. The van der Waals surface area contributed by atoms with E-state index in [1.54, 1.807) is 0 Å². The van der Waals surface area contributed by atoms with Gasteiger partial charge in [-0.3, -0.25) is 4.79 Å². The van der Waals surface area contributed by atoms with E-state index in [2.05, 4.69) is 22.9 Å². The Morgan fingerprint density at radius 1 is 1.35 bits per heavy atom. The van der Waals surface area contributed by atoms with Gasteiger partial charge in [0.1, 0.15) is 0 Å². The molecule has 0 aromatic heterocycles. The molecule has 0 unspecified atom stereocenters. The maximum atomic E-state index is 12.3. The maximum absolute atomic E-state index is 12.3. The molecule has 2 aliphatic carbocycles. The van der Waals surface area contributed by atoms with Crippen molar-refractivity contribution >= 4 is 21.7 Å². The number of halogens is 1. The molecule has 3 aliphatic rings. The van der Waals surface area contributed by atoms with Crippen molar-refractivity contribution in [2.45, 2.75) is 38.4 Å². The van der Waals surface area contributed by atoms with Crippen LogP contribution in [0.15, 0.2) is 10.6 Å². The van der Waals surface area contributed by atoms with Crippen molar-refractivity contribution in [3.05, 3.63) is 10.6 Å². The Balaban J connectivity index is 1.87. The lowest BCUT2D eigenvalue weighted by atomic mass is 9.60. The molecule has 17 heavy (non-hydrogen) atoms. The third-order valence-electron chi connectivity index (χ3n) is 4.61. The molecule has 0 amide bonds. The Bertz CT molecular complexity index is 384.